The topological polar surface area (TPSA) is 81.6 Å². The van der Waals surface area contributed by atoms with Gasteiger partial charge in [-0.25, -0.2) is 9.50 Å². The highest BCUT2D eigenvalue weighted by atomic mass is 19.4. The molecular formula is C21H22F6N6O2. The molecule has 8 nitrogen and oxygen atoms in total. The Kier molecular flexibility index (Phi) is 5.59. The van der Waals surface area contributed by atoms with Crippen LogP contribution < -0.4 is 9.64 Å². The van der Waals surface area contributed by atoms with Gasteiger partial charge in [0, 0.05) is 26.4 Å². The van der Waals surface area contributed by atoms with Gasteiger partial charge in [-0.1, -0.05) is 5.10 Å². The van der Waals surface area contributed by atoms with Crippen LogP contribution in [0.25, 0.3) is 5.65 Å². The average molecular weight is 504 g/mol. The Hall–Kier alpha value is -3.06. The second-order valence-corrected chi connectivity index (χ2v) is 9.12. The standard InChI is InChI=1S/C21H22F6N6O2/c1-10(20(22,23)24)34-15-5-6-16(21(25,26)27)33-18(15)28-17(31-33)7-14-12-3-4-13(14)9-32(8-12)19-30-29-11(2)35-19/h5-6,10,12-14H,3-4,7-9H2,1-2H3/t10-,12-,13+,14?/m1/s1. The Morgan fingerprint density at radius 1 is 1.09 bits per heavy atom. The molecule has 14 heteroatoms. The largest absolute Gasteiger partial charge is 0.477 e. The molecule has 0 N–H and O–H groups in total. The Balaban J connectivity index is 1.42. The van der Waals surface area contributed by atoms with Crippen molar-refractivity contribution < 1.29 is 35.5 Å². The number of rotatable bonds is 5. The molecular weight excluding hydrogens is 482 g/mol. The zero-order valence-corrected chi connectivity index (χ0v) is 18.8. The number of piperidine rings is 1. The minimum atomic E-state index is -4.77. The summed E-state index contributed by atoms with van der Waals surface area (Å²) in [5.74, 6) is 0.731. The Labute approximate surface area is 195 Å². The number of hydrogen-bond acceptors (Lipinski definition) is 7. The molecule has 4 atom stereocenters. The van der Waals surface area contributed by atoms with Crippen molar-refractivity contribution >= 4 is 11.7 Å². The molecule has 35 heavy (non-hydrogen) atoms. The average Bonchev–Trinajstić information content (AvgIpc) is 3.43. The molecule has 1 unspecified atom stereocenters. The first-order valence-corrected chi connectivity index (χ1v) is 11.1. The van der Waals surface area contributed by atoms with Gasteiger partial charge >= 0.3 is 18.4 Å². The van der Waals surface area contributed by atoms with Gasteiger partial charge in [0.1, 0.15) is 5.69 Å². The predicted molar refractivity (Wildman–Crippen MR) is 109 cm³/mol. The van der Waals surface area contributed by atoms with Crippen LogP contribution in [0.5, 0.6) is 5.75 Å². The smallest absolute Gasteiger partial charge is 0.433 e. The molecule has 2 bridgehead atoms. The maximum Gasteiger partial charge on any atom is 0.433 e. The monoisotopic (exact) mass is 504 g/mol. The van der Waals surface area contributed by atoms with Gasteiger partial charge in [0.05, 0.1) is 0 Å². The molecule has 1 aliphatic carbocycles. The van der Waals surface area contributed by atoms with Gasteiger partial charge in [0.15, 0.2) is 23.3 Å². The van der Waals surface area contributed by atoms with E-state index < -0.39 is 35.5 Å². The van der Waals surface area contributed by atoms with E-state index in [1.165, 1.54) is 0 Å². The number of hydrogen-bond donors (Lipinski definition) is 0. The summed E-state index contributed by atoms with van der Waals surface area (Å²) >= 11 is 0. The summed E-state index contributed by atoms with van der Waals surface area (Å²) in [5.41, 5.74) is -1.53. The van der Waals surface area contributed by atoms with Crippen LogP contribution in [0.1, 0.15) is 37.2 Å². The lowest BCUT2D eigenvalue weighted by Gasteiger charge is -2.36. The lowest BCUT2D eigenvalue weighted by molar-refractivity contribution is -0.189. The van der Waals surface area contributed by atoms with E-state index in [4.69, 9.17) is 9.15 Å². The van der Waals surface area contributed by atoms with Crippen molar-refractivity contribution in [3.63, 3.8) is 0 Å². The summed E-state index contributed by atoms with van der Waals surface area (Å²) in [5, 5.41) is 12.0. The minimum absolute atomic E-state index is 0.112. The number of aryl methyl sites for hydroxylation is 1. The second kappa shape index (κ2) is 8.26. The van der Waals surface area contributed by atoms with Crippen LogP contribution in [-0.2, 0) is 12.6 Å². The highest BCUT2D eigenvalue weighted by Crippen LogP contribution is 2.44. The lowest BCUT2D eigenvalue weighted by Crippen LogP contribution is -2.43. The third-order valence-corrected chi connectivity index (χ3v) is 6.78. The molecule has 3 aromatic rings. The third kappa shape index (κ3) is 4.49. The molecule has 0 radical (unpaired) electrons. The minimum Gasteiger partial charge on any atom is -0.477 e. The van der Waals surface area contributed by atoms with Crippen molar-refractivity contribution in [2.24, 2.45) is 17.8 Å². The van der Waals surface area contributed by atoms with E-state index in [2.05, 4.69) is 20.3 Å². The maximum absolute atomic E-state index is 13.6. The molecule has 0 spiro atoms. The van der Waals surface area contributed by atoms with Crippen LogP contribution in [-0.4, -0.2) is 50.2 Å². The lowest BCUT2D eigenvalue weighted by atomic mass is 9.82. The number of aromatic nitrogens is 5. The maximum atomic E-state index is 13.6. The van der Waals surface area contributed by atoms with Crippen LogP contribution in [0.15, 0.2) is 16.5 Å². The van der Waals surface area contributed by atoms with Crippen molar-refractivity contribution in [3.8, 4) is 5.75 Å². The molecule has 3 aromatic heterocycles. The summed E-state index contributed by atoms with van der Waals surface area (Å²) in [6, 6.07) is 1.95. The number of fused-ring (bicyclic) bond motifs is 3. The van der Waals surface area contributed by atoms with Crippen LogP contribution in [0.2, 0.25) is 0 Å². The number of ether oxygens (including phenoxy) is 1. The van der Waals surface area contributed by atoms with Crippen molar-refractivity contribution in [1.82, 2.24) is 24.8 Å². The summed E-state index contributed by atoms with van der Waals surface area (Å²) in [6.07, 6.45) is -9.53. The molecule has 1 saturated heterocycles. The number of nitrogens with zero attached hydrogens (tertiary/aromatic N) is 6. The number of anilines is 1. The van der Waals surface area contributed by atoms with Gasteiger partial charge < -0.3 is 14.1 Å². The molecule has 1 saturated carbocycles. The van der Waals surface area contributed by atoms with E-state index in [0.717, 1.165) is 25.8 Å². The quantitative estimate of drug-likeness (QED) is 0.474. The van der Waals surface area contributed by atoms with E-state index in [-0.39, 0.29) is 23.6 Å². The molecule has 2 aliphatic rings. The van der Waals surface area contributed by atoms with Crippen LogP contribution in [0.4, 0.5) is 32.4 Å². The fourth-order valence-corrected chi connectivity index (χ4v) is 5.08. The molecule has 0 aromatic carbocycles. The van der Waals surface area contributed by atoms with Crippen LogP contribution >= 0.6 is 0 Å². The van der Waals surface area contributed by atoms with Gasteiger partial charge in [0.2, 0.25) is 5.89 Å². The molecule has 5 rings (SSSR count). The number of halogens is 6. The van der Waals surface area contributed by atoms with Gasteiger partial charge in [-0.15, -0.1) is 5.10 Å². The Bertz CT molecular complexity index is 1210. The van der Waals surface area contributed by atoms with Crippen LogP contribution in [0, 0.1) is 24.7 Å². The van der Waals surface area contributed by atoms with Gasteiger partial charge in [-0.2, -0.15) is 31.4 Å². The highest BCUT2D eigenvalue weighted by Gasteiger charge is 2.44. The van der Waals surface area contributed by atoms with Crippen molar-refractivity contribution in [2.75, 3.05) is 18.0 Å². The van der Waals surface area contributed by atoms with Crippen molar-refractivity contribution in [1.29, 1.82) is 0 Å². The molecule has 190 valence electrons. The Morgan fingerprint density at radius 3 is 2.34 bits per heavy atom. The molecule has 0 amide bonds. The third-order valence-electron chi connectivity index (χ3n) is 6.78. The summed E-state index contributed by atoms with van der Waals surface area (Å²) in [6.45, 7) is 3.79. The predicted octanol–water partition coefficient (Wildman–Crippen LogP) is 4.47. The zero-order chi connectivity index (χ0) is 25.1. The van der Waals surface area contributed by atoms with Gasteiger partial charge in [-0.05, 0) is 49.7 Å². The van der Waals surface area contributed by atoms with E-state index in [0.29, 0.717) is 42.0 Å². The number of pyridine rings is 1. The van der Waals surface area contributed by atoms with E-state index in [9.17, 15) is 26.3 Å². The fraction of sp³-hybridized carbons (Fsp3) is 0.619. The van der Waals surface area contributed by atoms with Gasteiger partial charge in [-0.3, -0.25) is 0 Å². The van der Waals surface area contributed by atoms with E-state index in [1.54, 1.807) is 6.92 Å². The summed E-state index contributed by atoms with van der Waals surface area (Å²) in [4.78, 5) is 6.21. The van der Waals surface area contributed by atoms with Gasteiger partial charge in [0.25, 0.3) is 0 Å². The first kappa shape index (κ1) is 23.7. The fourth-order valence-electron chi connectivity index (χ4n) is 5.08. The Morgan fingerprint density at radius 2 is 1.77 bits per heavy atom. The molecule has 2 fully saturated rings. The molecule has 4 heterocycles. The zero-order valence-electron chi connectivity index (χ0n) is 18.8. The summed E-state index contributed by atoms with van der Waals surface area (Å²) in [7, 11) is 0. The van der Waals surface area contributed by atoms with Crippen molar-refractivity contribution in [3.05, 3.63) is 29.5 Å². The van der Waals surface area contributed by atoms with Crippen molar-refractivity contribution in [2.45, 2.75) is 51.6 Å². The normalized spacial score (nSPS) is 23.8. The van der Waals surface area contributed by atoms with E-state index >= 15 is 0 Å². The second-order valence-electron chi connectivity index (χ2n) is 9.12. The van der Waals surface area contributed by atoms with E-state index in [1.807, 2.05) is 4.90 Å². The SMILES string of the molecule is Cc1nnc(N2C[C@H]3CC[C@@H](C2)C3Cc2nc3c(O[C@H](C)C(F)(F)F)ccc(C(F)(F)F)n3n2)o1. The number of alkyl halides is 6. The first-order valence-electron chi connectivity index (χ1n) is 11.1. The first-order chi connectivity index (χ1) is 16.4. The van der Waals surface area contributed by atoms with Crippen LogP contribution in [0.3, 0.4) is 0 Å². The molecule has 1 aliphatic heterocycles. The highest BCUT2D eigenvalue weighted by molar-refractivity contribution is 5.54. The summed E-state index contributed by atoms with van der Waals surface area (Å²) < 4.78 is 90.7.